The van der Waals surface area contributed by atoms with Crippen LogP contribution < -0.4 is 4.74 Å². The van der Waals surface area contributed by atoms with Crippen molar-refractivity contribution in [3.63, 3.8) is 0 Å². The lowest BCUT2D eigenvalue weighted by atomic mass is 10.2. The molecule has 0 aliphatic carbocycles. The molecule has 0 bridgehead atoms. The van der Waals surface area contributed by atoms with Crippen LogP contribution in [0.2, 0.25) is 0 Å². The normalized spacial score (nSPS) is 16.0. The Morgan fingerprint density at radius 3 is 2.05 bits per heavy atom. The van der Waals surface area contributed by atoms with Gasteiger partial charge in [-0.05, 0) is 38.1 Å². The summed E-state index contributed by atoms with van der Waals surface area (Å²) < 4.78 is 10.9. The molecule has 0 radical (unpaired) electrons. The summed E-state index contributed by atoms with van der Waals surface area (Å²) in [6, 6.07) is 6.18. The fourth-order valence-corrected chi connectivity index (χ4v) is 1.53. The second-order valence-electron chi connectivity index (χ2n) is 4.68. The van der Waals surface area contributed by atoms with E-state index in [1.54, 1.807) is 26.0 Å². The zero-order valence-electron chi connectivity index (χ0n) is 13.6. The van der Waals surface area contributed by atoms with Crippen molar-refractivity contribution < 1.29 is 29.9 Å². The summed E-state index contributed by atoms with van der Waals surface area (Å²) in [5.74, 6) is 0.674. The molecule has 6 heteroatoms. The van der Waals surface area contributed by atoms with Crippen molar-refractivity contribution in [1.29, 1.82) is 0 Å². The molecule has 0 saturated carbocycles. The van der Waals surface area contributed by atoms with Gasteiger partial charge in [0.15, 0.2) is 0 Å². The molecule has 4 N–H and O–H groups in total. The molecule has 0 amide bonds. The van der Waals surface area contributed by atoms with E-state index in [2.05, 4.69) is 0 Å². The zero-order valence-corrected chi connectivity index (χ0v) is 13.6. The molecular formula is C16H28O6. The minimum Gasteiger partial charge on any atom is -0.508 e. The van der Waals surface area contributed by atoms with Crippen molar-refractivity contribution in [3.05, 3.63) is 24.3 Å². The topological polar surface area (TPSA) is 99.4 Å². The number of hydrogen-bond donors (Lipinski definition) is 4. The summed E-state index contributed by atoms with van der Waals surface area (Å²) in [5.41, 5.74) is 0. The van der Waals surface area contributed by atoms with E-state index in [-0.39, 0.29) is 12.4 Å². The molecule has 0 aliphatic rings. The van der Waals surface area contributed by atoms with Crippen molar-refractivity contribution in [2.75, 3.05) is 13.2 Å². The molecule has 0 aliphatic heterocycles. The Balaban J connectivity index is 0.00000211. The monoisotopic (exact) mass is 316 g/mol. The van der Waals surface area contributed by atoms with E-state index in [1.165, 1.54) is 12.1 Å². The van der Waals surface area contributed by atoms with Gasteiger partial charge in [0.05, 0.1) is 18.8 Å². The number of aliphatic hydroxyl groups is 3. The highest BCUT2D eigenvalue weighted by atomic mass is 16.6. The number of rotatable bonds is 8. The number of phenols is 1. The number of aliphatic hydroxyl groups excluding tert-OH is 3. The average Bonchev–Trinajstić information content (AvgIpc) is 2.53. The van der Waals surface area contributed by atoms with Gasteiger partial charge in [0, 0.05) is 0 Å². The Morgan fingerprint density at radius 1 is 1.05 bits per heavy atom. The number of phenolic OH excluding ortho intramolecular Hbond substituents is 1. The van der Waals surface area contributed by atoms with Gasteiger partial charge < -0.3 is 29.9 Å². The summed E-state index contributed by atoms with van der Waals surface area (Å²) in [5, 5.41) is 37.1. The highest BCUT2D eigenvalue weighted by Gasteiger charge is 2.23. The number of ether oxygens (including phenoxy) is 2. The van der Waals surface area contributed by atoms with E-state index in [9.17, 15) is 10.2 Å². The molecular weight excluding hydrogens is 288 g/mol. The zero-order chi connectivity index (χ0) is 17.1. The first-order chi connectivity index (χ1) is 10.4. The molecule has 1 rings (SSSR count). The molecule has 0 spiro atoms. The smallest absolute Gasteiger partial charge is 0.119 e. The summed E-state index contributed by atoms with van der Waals surface area (Å²) in [6.45, 7) is 6.84. The maximum atomic E-state index is 9.65. The largest absolute Gasteiger partial charge is 0.508 e. The van der Waals surface area contributed by atoms with Crippen molar-refractivity contribution in [2.24, 2.45) is 0 Å². The minimum atomic E-state index is -1.01. The van der Waals surface area contributed by atoms with Gasteiger partial charge in [-0.25, -0.2) is 0 Å². The van der Waals surface area contributed by atoms with Crippen molar-refractivity contribution >= 4 is 0 Å². The third-order valence-corrected chi connectivity index (χ3v) is 2.91. The number of hydrogen-bond acceptors (Lipinski definition) is 6. The van der Waals surface area contributed by atoms with Gasteiger partial charge in [-0.3, -0.25) is 0 Å². The van der Waals surface area contributed by atoms with Gasteiger partial charge in [0.2, 0.25) is 0 Å². The van der Waals surface area contributed by atoms with Crippen LogP contribution in [0.5, 0.6) is 11.5 Å². The third-order valence-electron chi connectivity index (χ3n) is 2.91. The molecule has 1 aromatic carbocycles. The van der Waals surface area contributed by atoms with Crippen LogP contribution in [0.4, 0.5) is 0 Å². The van der Waals surface area contributed by atoms with Crippen LogP contribution in [0, 0.1) is 0 Å². The number of aromatic hydroxyl groups is 1. The highest BCUT2D eigenvalue weighted by molar-refractivity contribution is 5.30. The Hall–Kier alpha value is -1.34. The van der Waals surface area contributed by atoms with Crippen LogP contribution in [-0.4, -0.2) is 58.1 Å². The van der Waals surface area contributed by atoms with Gasteiger partial charge in [-0.2, -0.15) is 0 Å². The first-order valence-corrected chi connectivity index (χ1v) is 7.48. The van der Waals surface area contributed by atoms with Gasteiger partial charge >= 0.3 is 0 Å². The van der Waals surface area contributed by atoms with E-state index in [1.807, 2.05) is 13.8 Å². The van der Waals surface area contributed by atoms with Crippen LogP contribution in [-0.2, 0) is 4.74 Å². The van der Waals surface area contributed by atoms with Crippen LogP contribution >= 0.6 is 0 Å². The summed E-state index contributed by atoms with van der Waals surface area (Å²) >= 11 is 0. The van der Waals surface area contributed by atoms with E-state index in [4.69, 9.17) is 19.7 Å². The Kier molecular flexibility index (Phi) is 10.6. The Morgan fingerprint density at radius 2 is 1.59 bits per heavy atom. The minimum absolute atomic E-state index is 0.0882. The second kappa shape index (κ2) is 11.3. The quantitative estimate of drug-likeness (QED) is 0.577. The standard InChI is InChI=1S/C14H22O6.C2H6/c1-9(16)14(20-10(2)13(18)7-15)8-19-12-5-3-11(17)4-6-12;1-2/h3-6,9-10,13-18H,7-8H2,1-2H3;1-2H3. The average molecular weight is 316 g/mol. The van der Waals surface area contributed by atoms with Gasteiger partial charge in [-0.15, -0.1) is 0 Å². The van der Waals surface area contributed by atoms with Crippen LogP contribution in [0.3, 0.4) is 0 Å². The lowest BCUT2D eigenvalue weighted by Crippen LogP contribution is -2.40. The molecule has 0 heterocycles. The second-order valence-corrected chi connectivity index (χ2v) is 4.68. The van der Waals surface area contributed by atoms with Gasteiger partial charge in [0.1, 0.15) is 30.3 Å². The van der Waals surface area contributed by atoms with Crippen LogP contribution in [0.1, 0.15) is 27.7 Å². The Labute approximate surface area is 131 Å². The molecule has 1 aromatic rings. The fraction of sp³-hybridized carbons (Fsp3) is 0.625. The predicted octanol–water partition coefficient (Wildman–Crippen LogP) is 1.30. The van der Waals surface area contributed by atoms with Crippen LogP contribution in [0.25, 0.3) is 0 Å². The van der Waals surface area contributed by atoms with Crippen molar-refractivity contribution in [3.8, 4) is 11.5 Å². The highest BCUT2D eigenvalue weighted by Crippen LogP contribution is 2.17. The molecule has 6 nitrogen and oxygen atoms in total. The summed E-state index contributed by atoms with van der Waals surface area (Å²) in [4.78, 5) is 0. The summed E-state index contributed by atoms with van der Waals surface area (Å²) in [6.07, 6.45) is -3.06. The van der Waals surface area contributed by atoms with E-state index >= 15 is 0 Å². The van der Waals surface area contributed by atoms with E-state index in [0.717, 1.165) is 0 Å². The molecule has 0 fully saturated rings. The third kappa shape index (κ3) is 7.61. The van der Waals surface area contributed by atoms with Crippen molar-refractivity contribution in [2.45, 2.75) is 52.1 Å². The molecule has 4 unspecified atom stereocenters. The predicted molar refractivity (Wildman–Crippen MR) is 84.1 cm³/mol. The maximum Gasteiger partial charge on any atom is 0.119 e. The molecule has 128 valence electrons. The molecule has 0 saturated heterocycles. The Bertz CT molecular complexity index is 379. The molecule has 0 aromatic heterocycles. The van der Waals surface area contributed by atoms with Crippen molar-refractivity contribution in [1.82, 2.24) is 0 Å². The van der Waals surface area contributed by atoms with E-state index < -0.39 is 31.0 Å². The van der Waals surface area contributed by atoms with E-state index in [0.29, 0.717) is 5.75 Å². The van der Waals surface area contributed by atoms with Gasteiger partial charge in [0.25, 0.3) is 0 Å². The van der Waals surface area contributed by atoms with Gasteiger partial charge in [-0.1, -0.05) is 13.8 Å². The molecule has 22 heavy (non-hydrogen) atoms. The van der Waals surface area contributed by atoms with Crippen LogP contribution in [0.15, 0.2) is 24.3 Å². The lowest BCUT2D eigenvalue weighted by Gasteiger charge is -2.26. The fourth-order valence-electron chi connectivity index (χ4n) is 1.53. The molecule has 4 atom stereocenters. The lowest BCUT2D eigenvalue weighted by molar-refractivity contribution is -0.124. The maximum absolute atomic E-state index is 9.65. The SMILES string of the molecule is CC.CC(O)C(COc1ccc(O)cc1)OC(C)C(O)CO. The summed E-state index contributed by atoms with van der Waals surface area (Å²) in [7, 11) is 0. The number of benzene rings is 1. The first-order valence-electron chi connectivity index (χ1n) is 7.48. The first kappa shape index (κ1) is 20.7.